The second-order valence-corrected chi connectivity index (χ2v) is 6.62. The highest BCUT2D eigenvalue weighted by Crippen LogP contribution is 2.21. The number of nitrogens with zero attached hydrogens (tertiary/aromatic N) is 3. The first-order valence-corrected chi connectivity index (χ1v) is 8.72. The fraction of sp³-hybridized carbons (Fsp3) is 0.556. The number of hydrogen-bond donors (Lipinski definition) is 1. The summed E-state index contributed by atoms with van der Waals surface area (Å²) in [4.78, 5) is 14.1. The molecule has 0 aliphatic carbocycles. The van der Waals surface area contributed by atoms with Crippen molar-refractivity contribution in [2.24, 2.45) is 5.92 Å². The highest BCUT2D eigenvalue weighted by atomic mass is 16.3. The van der Waals surface area contributed by atoms with E-state index in [2.05, 4.69) is 28.1 Å². The lowest BCUT2D eigenvalue weighted by molar-refractivity contribution is 0.195. The predicted molar refractivity (Wildman–Crippen MR) is 93.7 cm³/mol. The minimum atomic E-state index is -0.0939. The smallest absolute Gasteiger partial charge is 0.343 e. The number of furan rings is 1. The lowest BCUT2D eigenvalue weighted by Crippen LogP contribution is -2.35. The molecule has 0 radical (unpaired) electrons. The van der Waals surface area contributed by atoms with Gasteiger partial charge in [0.05, 0.1) is 6.26 Å². The summed E-state index contributed by atoms with van der Waals surface area (Å²) < 4.78 is 7.11. The molecule has 2 aromatic rings. The van der Waals surface area contributed by atoms with Crippen molar-refractivity contribution in [1.82, 2.24) is 19.7 Å². The molecule has 1 aliphatic heterocycles. The maximum Gasteiger partial charge on any atom is 0.343 e. The number of hydrogen-bond acceptors (Lipinski definition) is 4. The lowest BCUT2D eigenvalue weighted by atomic mass is 9.93. The van der Waals surface area contributed by atoms with E-state index in [0.29, 0.717) is 12.5 Å². The van der Waals surface area contributed by atoms with Crippen molar-refractivity contribution in [3.8, 4) is 0 Å². The summed E-state index contributed by atoms with van der Waals surface area (Å²) in [7, 11) is 0. The maximum absolute atomic E-state index is 11.6. The van der Waals surface area contributed by atoms with E-state index in [0.717, 1.165) is 50.5 Å². The molecular formula is C18H26N4O2. The topological polar surface area (TPSA) is 67.1 Å². The Morgan fingerprint density at radius 1 is 1.46 bits per heavy atom. The van der Waals surface area contributed by atoms with Gasteiger partial charge in [0, 0.05) is 19.5 Å². The summed E-state index contributed by atoms with van der Waals surface area (Å²) >= 11 is 0. The fourth-order valence-electron chi connectivity index (χ4n) is 3.45. The van der Waals surface area contributed by atoms with Gasteiger partial charge in [0.25, 0.3) is 0 Å². The van der Waals surface area contributed by atoms with Gasteiger partial charge >= 0.3 is 5.69 Å². The van der Waals surface area contributed by atoms with Crippen LogP contribution >= 0.6 is 0 Å². The van der Waals surface area contributed by atoms with Gasteiger partial charge in [-0.25, -0.2) is 9.89 Å². The van der Waals surface area contributed by atoms with Crippen LogP contribution in [0, 0.1) is 5.92 Å². The number of piperidine rings is 1. The number of aromatic nitrogens is 3. The first kappa shape index (κ1) is 16.8. The van der Waals surface area contributed by atoms with Crippen LogP contribution in [0.15, 0.2) is 33.2 Å². The Hall–Kier alpha value is -2.08. The van der Waals surface area contributed by atoms with E-state index in [4.69, 9.17) is 4.42 Å². The summed E-state index contributed by atoms with van der Waals surface area (Å²) in [5.41, 5.74) is 1.22. The van der Waals surface area contributed by atoms with Gasteiger partial charge in [-0.2, -0.15) is 5.10 Å². The number of nitrogens with one attached hydrogen (secondary N) is 1. The van der Waals surface area contributed by atoms with Gasteiger partial charge in [-0.15, -0.1) is 0 Å². The van der Waals surface area contributed by atoms with Crippen LogP contribution in [-0.4, -0.2) is 39.3 Å². The van der Waals surface area contributed by atoms with Crippen molar-refractivity contribution in [3.05, 3.63) is 46.0 Å². The Labute approximate surface area is 142 Å². The third kappa shape index (κ3) is 4.06. The molecule has 0 saturated carbocycles. The Balaban J connectivity index is 1.50. The summed E-state index contributed by atoms with van der Waals surface area (Å²) in [6.07, 6.45) is 7.00. The van der Waals surface area contributed by atoms with E-state index < -0.39 is 0 Å². The third-order valence-corrected chi connectivity index (χ3v) is 4.74. The molecular weight excluding hydrogens is 304 g/mol. The lowest BCUT2D eigenvalue weighted by Gasteiger charge is -2.32. The van der Waals surface area contributed by atoms with E-state index >= 15 is 0 Å². The minimum absolute atomic E-state index is 0.0939. The molecule has 3 rings (SSSR count). The van der Waals surface area contributed by atoms with Gasteiger partial charge < -0.3 is 4.42 Å². The number of likely N-dealkylation sites (tertiary alicyclic amines) is 1. The first-order valence-electron chi connectivity index (χ1n) is 8.72. The highest BCUT2D eigenvalue weighted by molar-refractivity contribution is 5.46. The van der Waals surface area contributed by atoms with Crippen LogP contribution in [-0.2, 0) is 13.0 Å². The molecule has 130 valence electrons. The molecule has 0 amide bonds. The monoisotopic (exact) mass is 330 g/mol. The molecule has 0 spiro atoms. The van der Waals surface area contributed by atoms with Crippen LogP contribution < -0.4 is 5.69 Å². The van der Waals surface area contributed by atoms with Crippen LogP contribution in [0.3, 0.4) is 0 Å². The predicted octanol–water partition coefficient (Wildman–Crippen LogP) is 2.54. The van der Waals surface area contributed by atoms with Crippen LogP contribution in [0.2, 0.25) is 0 Å². The van der Waals surface area contributed by atoms with Crippen molar-refractivity contribution in [3.63, 3.8) is 0 Å². The largest absolute Gasteiger partial charge is 0.465 e. The van der Waals surface area contributed by atoms with Crippen molar-refractivity contribution < 1.29 is 4.42 Å². The summed E-state index contributed by atoms with van der Waals surface area (Å²) in [6, 6.07) is 3.89. The standard InChI is InChI=1S/C18H26N4O2/c1-3-22-17(19-20-18(22)23)12-15-6-8-21(9-7-15)13-14(2)11-16-5-4-10-24-16/h4-5,10-11,15H,3,6-9,12-13H2,1-2H3,(H,20,23)/b14-11+. The van der Waals surface area contributed by atoms with E-state index in [1.165, 1.54) is 5.57 Å². The Kier molecular flexibility index (Phi) is 5.35. The van der Waals surface area contributed by atoms with Crippen molar-refractivity contribution in [1.29, 1.82) is 0 Å². The highest BCUT2D eigenvalue weighted by Gasteiger charge is 2.21. The molecule has 1 aliphatic rings. The Morgan fingerprint density at radius 3 is 2.92 bits per heavy atom. The van der Waals surface area contributed by atoms with Crippen LogP contribution in [0.4, 0.5) is 0 Å². The zero-order valence-electron chi connectivity index (χ0n) is 14.5. The molecule has 1 N–H and O–H groups in total. The average Bonchev–Trinajstić information content (AvgIpc) is 3.19. The first-order chi connectivity index (χ1) is 11.7. The normalized spacial score (nSPS) is 17.5. The zero-order chi connectivity index (χ0) is 16.9. The average molecular weight is 330 g/mol. The molecule has 1 saturated heterocycles. The molecule has 24 heavy (non-hydrogen) atoms. The SMILES string of the molecule is CCn1c(CC2CCN(C/C(C)=C/c3ccco3)CC2)n[nH]c1=O. The maximum atomic E-state index is 11.6. The molecule has 6 heteroatoms. The molecule has 0 aromatic carbocycles. The van der Waals surface area contributed by atoms with E-state index in [-0.39, 0.29) is 5.69 Å². The molecule has 0 atom stereocenters. The molecule has 2 aromatic heterocycles. The molecule has 1 fully saturated rings. The van der Waals surface area contributed by atoms with Gasteiger partial charge in [0.15, 0.2) is 0 Å². The van der Waals surface area contributed by atoms with Crippen LogP contribution in [0.1, 0.15) is 38.3 Å². The Morgan fingerprint density at radius 2 is 2.25 bits per heavy atom. The van der Waals surface area contributed by atoms with E-state index in [1.54, 1.807) is 10.8 Å². The van der Waals surface area contributed by atoms with Crippen LogP contribution in [0.25, 0.3) is 6.08 Å². The van der Waals surface area contributed by atoms with Gasteiger partial charge in [-0.3, -0.25) is 9.47 Å². The zero-order valence-corrected chi connectivity index (χ0v) is 14.5. The summed E-state index contributed by atoms with van der Waals surface area (Å²) in [6.45, 7) is 7.98. The van der Waals surface area contributed by atoms with Crippen LogP contribution in [0.5, 0.6) is 0 Å². The number of H-pyrrole nitrogens is 1. The van der Waals surface area contributed by atoms with Gasteiger partial charge in [-0.05, 0) is 63.9 Å². The molecule has 6 nitrogen and oxygen atoms in total. The molecule has 3 heterocycles. The number of aromatic amines is 1. The van der Waals surface area contributed by atoms with Crippen molar-refractivity contribution in [2.45, 2.75) is 39.7 Å². The fourth-order valence-corrected chi connectivity index (χ4v) is 3.45. The Bertz CT molecular complexity index is 719. The van der Waals surface area contributed by atoms with Gasteiger partial charge in [-0.1, -0.05) is 5.57 Å². The summed E-state index contributed by atoms with van der Waals surface area (Å²) in [5, 5.41) is 6.75. The van der Waals surface area contributed by atoms with Crippen molar-refractivity contribution >= 4 is 6.08 Å². The number of rotatable bonds is 6. The second-order valence-electron chi connectivity index (χ2n) is 6.62. The van der Waals surface area contributed by atoms with Crippen molar-refractivity contribution in [2.75, 3.05) is 19.6 Å². The third-order valence-electron chi connectivity index (χ3n) is 4.74. The quantitative estimate of drug-likeness (QED) is 0.884. The minimum Gasteiger partial charge on any atom is -0.465 e. The van der Waals surface area contributed by atoms with E-state index in [9.17, 15) is 4.79 Å². The van der Waals surface area contributed by atoms with E-state index in [1.807, 2.05) is 19.1 Å². The molecule has 0 unspecified atom stereocenters. The molecule has 0 bridgehead atoms. The second kappa shape index (κ2) is 7.66. The van der Waals surface area contributed by atoms with Gasteiger partial charge in [0.2, 0.25) is 0 Å². The summed E-state index contributed by atoms with van der Waals surface area (Å²) in [5.74, 6) is 2.42. The van der Waals surface area contributed by atoms with Gasteiger partial charge in [0.1, 0.15) is 11.6 Å².